The number of imide groups is 1. The summed E-state index contributed by atoms with van der Waals surface area (Å²) in [6.07, 6.45) is -4.13. The number of ether oxygens (including phenoxy) is 1. The monoisotopic (exact) mass is 682 g/mol. The van der Waals surface area contributed by atoms with Gasteiger partial charge in [0, 0.05) is 26.6 Å². The molecular weight excluding hydrogens is 657 g/mol. The number of thioether (sulfide) groups is 1. The molecule has 3 aromatic carbocycles. The first-order chi connectivity index (χ1) is 22.0. The number of alkyl halides is 3. The SMILES string of the molecule is Cc1cccc(COc2ccc(Cl)cc2[C@H]2c3sc(=O)[nH]c3SC3C4CC(C5C(=O)N(c6ccccc6C(F)(F)F)C(=O)C45)C32)c1. The summed E-state index contributed by atoms with van der Waals surface area (Å²) in [4.78, 5) is 45.1. The van der Waals surface area contributed by atoms with Gasteiger partial charge in [-0.1, -0.05) is 64.9 Å². The molecule has 6 nitrogen and oxygen atoms in total. The number of amides is 2. The summed E-state index contributed by atoms with van der Waals surface area (Å²) in [6.45, 7) is 2.31. The molecule has 4 aliphatic rings. The molecule has 2 aliphatic carbocycles. The average Bonchev–Trinajstić information content (AvgIpc) is 3.75. The highest BCUT2D eigenvalue weighted by Gasteiger charge is 2.70. The van der Waals surface area contributed by atoms with Gasteiger partial charge in [0.2, 0.25) is 11.8 Å². The van der Waals surface area contributed by atoms with Gasteiger partial charge in [-0.2, -0.15) is 13.2 Å². The molecule has 0 radical (unpaired) electrons. The fourth-order valence-electron chi connectivity index (χ4n) is 8.37. The number of benzene rings is 3. The maximum Gasteiger partial charge on any atom is 0.418 e. The molecule has 12 heteroatoms. The van der Waals surface area contributed by atoms with Gasteiger partial charge in [0.15, 0.2) is 0 Å². The van der Waals surface area contributed by atoms with E-state index in [1.807, 2.05) is 43.3 Å². The quantitative estimate of drug-likeness (QED) is 0.219. The minimum atomic E-state index is -4.73. The lowest BCUT2D eigenvalue weighted by Crippen LogP contribution is -2.42. The van der Waals surface area contributed by atoms with Crippen LogP contribution in [0.2, 0.25) is 5.02 Å². The van der Waals surface area contributed by atoms with Crippen molar-refractivity contribution in [2.24, 2.45) is 29.6 Å². The van der Waals surface area contributed by atoms with Gasteiger partial charge in [-0.3, -0.25) is 14.4 Å². The molecule has 2 aliphatic heterocycles. The molecule has 2 bridgehead atoms. The van der Waals surface area contributed by atoms with E-state index in [-0.39, 0.29) is 33.8 Å². The number of hydrogen-bond acceptors (Lipinski definition) is 6. The number of halogens is 4. The van der Waals surface area contributed by atoms with Crippen LogP contribution in [-0.4, -0.2) is 22.0 Å². The van der Waals surface area contributed by atoms with E-state index < -0.39 is 41.1 Å². The smallest absolute Gasteiger partial charge is 0.418 e. The van der Waals surface area contributed by atoms with E-state index in [4.69, 9.17) is 16.3 Å². The molecule has 6 unspecified atom stereocenters. The van der Waals surface area contributed by atoms with Crippen LogP contribution in [0.1, 0.15) is 39.5 Å². The lowest BCUT2D eigenvalue weighted by atomic mass is 9.68. The van der Waals surface area contributed by atoms with Gasteiger partial charge in [-0.05, 0) is 67.0 Å². The number of aromatic nitrogens is 1. The Hall–Kier alpha value is -3.54. The summed E-state index contributed by atoms with van der Waals surface area (Å²) in [6, 6.07) is 18.1. The first-order valence-electron chi connectivity index (χ1n) is 14.9. The Morgan fingerprint density at radius 3 is 2.50 bits per heavy atom. The fraction of sp³-hybridized carbons (Fsp3) is 0.324. The maximum absolute atomic E-state index is 14.1. The second-order valence-corrected chi connectivity index (χ2v) is 15.1. The van der Waals surface area contributed by atoms with E-state index in [1.165, 1.54) is 30.0 Å². The molecule has 3 fully saturated rings. The van der Waals surface area contributed by atoms with Gasteiger partial charge in [-0.15, -0.1) is 11.8 Å². The van der Waals surface area contributed by atoms with Crippen molar-refractivity contribution in [2.45, 2.75) is 42.3 Å². The van der Waals surface area contributed by atoms with Gasteiger partial charge in [0.05, 0.1) is 28.1 Å². The number of anilines is 1. The number of carbonyl (C=O) groups excluding carboxylic acids is 2. The fourth-order valence-corrected chi connectivity index (χ4v) is 11.4. The van der Waals surface area contributed by atoms with Crippen molar-refractivity contribution in [3.63, 3.8) is 0 Å². The van der Waals surface area contributed by atoms with Crippen LogP contribution < -0.4 is 14.5 Å². The third-order valence-electron chi connectivity index (χ3n) is 9.96. The number of aryl methyl sites for hydroxylation is 1. The zero-order chi connectivity index (χ0) is 32.1. The van der Waals surface area contributed by atoms with Gasteiger partial charge in [-0.25, -0.2) is 4.90 Å². The molecule has 7 atom stereocenters. The predicted molar refractivity (Wildman–Crippen MR) is 169 cm³/mol. The van der Waals surface area contributed by atoms with Crippen molar-refractivity contribution in [2.75, 3.05) is 4.90 Å². The molecule has 1 saturated heterocycles. The first kappa shape index (κ1) is 29.8. The van der Waals surface area contributed by atoms with Crippen LogP contribution in [0.5, 0.6) is 5.75 Å². The van der Waals surface area contributed by atoms with E-state index >= 15 is 0 Å². The molecule has 2 amide bonds. The van der Waals surface area contributed by atoms with Crippen molar-refractivity contribution in [1.29, 1.82) is 0 Å². The third-order valence-corrected chi connectivity index (χ3v) is 12.8. The summed E-state index contributed by atoms with van der Waals surface area (Å²) in [5.74, 6) is -3.13. The zero-order valence-corrected chi connectivity index (χ0v) is 26.6. The van der Waals surface area contributed by atoms with E-state index in [0.717, 1.165) is 43.9 Å². The summed E-state index contributed by atoms with van der Waals surface area (Å²) in [7, 11) is 0. The molecular formula is C34H26ClF3N2O4S2. The molecule has 3 heterocycles. The van der Waals surface area contributed by atoms with Crippen LogP contribution in [0.15, 0.2) is 76.6 Å². The minimum Gasteiger partial charge on any atom is -0.489 e. The zero-order valence-electron chi connectivity index (χ0n) is 24.2. The largest absolute Gasteiger partial charge is 0.489 e. The summed E-state index contributed by atoms with van der Waals surface area (Å²) >= 11 is 9.19. The van der Waals surface area contributed by atoms with Crippen molar-refractivity contribution in [1.82, 2.24) is 4.98 Å². The highest BCUT2D eigenvalue weighted by molar-refractivity contribution is 8.00. The third kappa shape index (κ3) is 4.57. The Morgan fingerprint density at radius 1 is 0.978 bits per heavy atom. The van der Waals surface area contributed by atoms with Crippen LogP contribution in [0.3, 0.4) is 0 Å². The molecule has 4 aromatic rings. The van der Waals surface area contributed by atoms with Gasteiger partial charge in [0.25, 0.3) is 0 Å². The number of nitrogens with zero attached hydrogens (tertiary/aromatic N) is 1. The number of carbonyl (C=O) groups is 2. The minimum absolute atomic E-state index is 0.146. The van der Waals surface area contributed by atoms with Crippen LogP contribution in [0.4, 0.5) is 18.9 Å². The summed E-state index contributed by atoms with van der Waals surface area (Å²) in [5.41, 5.74) is 1.44. The number of aromatic amines is 1. The molecule has 236 valence electrons. The standard InChI is InChI=1S/C34H26ClF3N2O4S2/c1-15-5-4-6-16(11-15)14-44-23-10-9-17(35)12-18(23)24-25-19-13-20(28(25)45-30-29(24)46-33(43)39-30)27-26(19)31(41)40(32(27)42)22-8-3-2-7-21(22)34(36,37)38/h2-12,19-20,24-28H,13-14H2,1H3,(H,39,43)/t19?,20?,24-,25?,26?,27?,28?/m1/s1. The lowest BCUT2D eigenvalue weighted by molar-refractivity contribution is -0.137. The van der Waals surface area contributed by atoms with Crippen LogP contribution >= 0.6 is 34.7 Å². The van der Waals surface area contributed by atoms with Crippen LogP contribution in [0, 0.1) is 36.5 Å². The number of H-pyrrole nitrogens is 1. The molecule has 46 heavy (non-hydrogen) atoms. The normalized spacial score (nSPS) is 27.9. The average molecular weight is 683 g/mol. The molecule has 1 N–H and O–H groups in total. The van der Waals surface area contributed by atoms with E-state index in [2.05, 4.69) is 4.98 Å². The number of nitrogens with one attached hydrogen (secondary N) is 1. The summed E-state index contributed by atoms with van der Waals surface area (Å²) < 4.78 is 48.4. The highest BCUT2D eigenvalue weighted by atomic mass is 35.5. The van der Waals surface area contributed by atoms with Crippen molar-refractivity contribution in [3.05, 3.63) is 109 Å². The van der Waals surface area contributed by atoms with Crippen LogP contribution in [-0.2, 0) is 22.4 Å². The number of rotatable bonds is 5. The Labute approximate surface area is 274 Å². The predicted octanol–water partition coefficient (Wildman–Crippen LogP) is 7.67. The van der Waals surface area contributed by atoms with Gasteiger partial charge < -0.3 is 9.72 Å². The van der Waals surface area contributed by atoms with E-state index in [0.29, 0.717) is 28.8 Å². The maximum atomic E-state index is 14.1. The highest BCUT2D eigenvalue weighted by Crippen LogP contribution is 2.69. The van der Waals surface area contributed by atoms with Gasteiger partial charge >= 0.3 is 11.0 Å². The number of thiazole rings is 1. The van der Waals surface area contributed by atoms with Crippen molar-refractivity contribution < 1.29 is 27.5 Å². The second-order valence-electron chi connectivity index (χ2n) is 12.4. The Balaban J connectivity index is 1.20. The Bertz CT molecular complexity index is 1980. The van der Waals surface area contributed by atoms with Crippen LogP contribution in [0.25, 0.3) is 0 Å². The number of fused-ring (bicyclic) bond motifs is 9. The molecule has 2 saturated carbocycles. The second kappa shape index (κ2) is 10.7. The van der Waals surface area contributed by atoms with E-state index in [9.17, 15) is 27.6 Å². The van der Waals surface area contributed by atoms with Crippen molar-refractivity contribution in [3.8, 4) is 5.75 Å². The summed E-state index contributed by atoms with van der Waals surface area (Å²) in [5, 5.41) is 1.05. The lowest BCUT2D eigenvalue weighted by Gasteiger charge is -2.43. The van der Waals surface area contributed by atoms with Crippen molar-refractivity contribution >= 4 is 52.2 Å². The number of para-hydroxylation sites is 1. The Morgan fingerprint density at radius 2 is 1.74 bits per heavy atom. The Kier molecular flexibility index (Phi) is 6.97. The van der Waals surface area contributed by atoms with E-state index in [1.54, 1.807) is 6.07 Å². The topological polar surface area (TPSA) is 79.5 Å². The molecule has 0 spiro atoms. The first-order valence-corrected chi connectivity index (χ1v) is 17.0. The van der Waals surface area contributed by atoms with Gasteiger partial charge in [0.1, 0.15) is 12.4 Å². The molecule has 8 rings (SSSR count). The molecule has 1 aromatic heterocycles. The number of hydrogen-bond donors (Lipinski definition) is 1.